The Hall–Kier alpha value is -2.93. The maximum atomic E-state index is 13.2. The van der Waals surface area contributed by atoms with Crippen LogP contribution < -0.4 is 15.8 Å². The fourth-order valence-corrected chi connectivity index (χ4v) is 4.29. The lowest BCUT2D eigenvalue weighted by molar-refractivity contribution is 0.0856. The minimum absolute atomic E-state index is 0.0525. The molecule has 1 amide bonds. The van der Waals surface area contributed by atoms with Gasteiger partial charge in [0.1, 0.15) is 11.3 Å². The van der Waals surface area contributed by atoms with E-state index in [2.05, 4.69) is 10.3 Å². The number of nitrogen functional groups attached to an aromatic ring is 1. The van der Waals surface area contributed by atoms with Gasteiger partial charge in [0.2, 0.25) is 0 Å². The van der Waals surface area contributed by atoms with Crippen molar-refractivity contribution in [2.75, 3.05) is 18.2 Å². The van der Waals surface area contributed by atoms with E-state index in [1.807, 2.05) is 19.1 Å². The average Bonchev–Trinajstić information content (AvgIpc) is 3.00. The number of ether oxygens (including phenoxy) is 1. The zero-order valence-corrected chi connectivity index (χ0v) is 16.6. The first kappa shape index (κ1) is 18.4. The van der Waals surface area contributed by atoms with Gasteiger partial charge < -0.3 is 15.8 Å². The summed E-state index contributed by atoms with van der Waals surface area (Å²) in [5, 5.41) is 3.30. The number of hydrogen-bond donors (Lipinski definition) is 2. The molecule has 1 aromatic heterocycles. The zero-order valence-electron chi connectivity index (χ0n) is 15.7. The number of nitrogens with two attached hydrogens (primary N) is 1. The van der Waals surface area contributed by atoms with Crippen LogP contribution in [0, 0.1) is 12.8 Å². The second-order valence-electron chi connectivity index (χ2n) is 7.04. The van der Waals surface area contributed by atoms with Crippen molar-refractivity contribution in [3.05, 3.63) is 47.0 Å². The average molecular weight is 395 g/mol. The number of fused-ring (bicyclic) bond motifs is 1. The highest BCUT2D eigenvalue weighted by Crippen LogP contribution is 2.35. The Bertz CT molecular complexity index is 1090. The number of aryl methyl sites for hydroxylation is 1. The minimum Gasteiger partial charge on any atom is -0.496 e. The van der Waals surface area contributed by atoms with Crippen molar-refractivity contribution in [2.24, 2.45) is 5.92 Å². The summed E-state index contributed by atoms with van der Waals surface area (Å²) >= 11 is 1.24. The third-order valence-corrected chi connectivity index (χ3v) is 6.07. The van der Waals surface area contributed by atoms with E-state index >= 15 is 0 Å². The Labute approximate surface area is 166 Å². The molecule has 1 aliphatic rings. The van der Waals surface area contributed by atoms with Crippen LogP contribution in [0.3, 0.4) is 0 Å². The van der Waals surface area contributed by atoms with Gasteiger partial charge in [-0.05, 0) is 44.0 Å². The summed E-state index contributed by atoms with van der Waals surface area (Å²) in [4.78, 5) is 30.3. The lowest BCUT2D eigenvalue weighted by atomic mass is 9.79. The summed E-state index contributed by atoms with van der Waals surface area (Å²) in [6, 6.07) is 8.99. The molecule has 0 bridgehead atoms. The number of anilines is 2. The fourth-order valence-electron chi connectivity index (χ4n) is 3.42. The van der Waals surface area contributed by atoms with Crippen LogP contribution in [0.25, 0.3) is 10.2 Å². The monoisotopic (exact) mass is 395 g/mol. The molecule has 3 aromatic rings. The second kappa shape index (κ2) is 7.24. The molecule has 28 heavy (non-hydrogen) atoms. The van der Waals surface area contributed by atoms with E-state index in [1.165, 1.54) is 18.4 Å². The normalized spacial score (nSPS) is 13.9. The molecule has 7 heteroatoms. The van der Waals surface area contributed by atoms with Gasteiger partial charge in [-0.2, -0.15) is 0 Å². The number of aromatic nitrogens is 1. The molecule has 0 aliphatic heterocycles. The first-order valence-electron chi connectivity index (χ1n) is 9.17. The first-order chi connectivity index (χ1) is 13.5. The number of amides is 1. The summed E-state index contributed by atoms with van der Waals surface area (Å²) in [5.41, 5.74) is 8.91. The van der Waals surface area contributed by atoms with E-state index in [1.54, 1.807) is 18.2 Å². The van der Waals surface area contributed by atoms with Crippen molar-refractivity contribution in [1.82, 2.24) is 4.98 Å². The van der Waals surface area contributed by atoms with Crippen LogP contribution in [0.15, 0.2) is 30.3 Å². The van der Waals surface area contributed by atoms with Gasteiger partial charge in [-0.25, -0.2) is 4.98 Å². The van der Waals surface area contributed by atoms with E-state index in [9.17, 15) is 9.59 Å². The van der Waals surface area contributed by atoms with Crippen LogP contribution in [0.5, 0.6) is 5.75 Å². The molecule has 4 rings (SSSR count). The third-order valence-electron chi connectivity index (χ3n) is 5.15. The van der Waals surface area contributed by atoms with Crippen LogP contribution >= 0.6 is 11.3 Å². The van der Waals surface area contributed by atoms with Gasteiger partial charge in [-0.1, -0.05) is 29.4 Å². The quantitative estimate of drug-likeness (QED) is 0.623. The summed E-state index contributed by atoms with van der Waals surface area (Å²) < 4.78 is 6.05. The summed E-state index contributed by atoms with van der Waals surface area (Å²) in [6.07, 6.45) is 2.90. The lowest BCUT2D eigenvalue weighted by Gasteiger charge is -2.25. The van der Waals surface area contributed by atoms with E-state index in [0.29, 0.717) is 37.9 Å². The molecule has 0 spiro atoms. The highest BCUT2D eigenvalue weighted by atomic mass is 32.1. The summed E-state index contributed by atoms with van der Waals surface area (Å²) in [7, 11) is 1.51. The largest absolute Gasteiger partial charge is 0.496 e. The van der Waals surface area contributed by atoms with E-state index < -0.39 is 0 Å². The molecule has 3 N–H and O–H groups in total. The van der Waals surface area contributed by atoms with Gasteiger partial charge in [0.25, 0.3) is 5.91 Å². The molecule has 1 saturated carbocycles. The molecule has 0 saturated heterocycles. The lowest BCUT2D eigenvalue weighted by Crippen LogP contribution is -2.24. The number of nitrogens with one attached hydrogen (secondary N) is 1. The van der Waals surface area contributed by atoms with Gasteiger partial charge in [0.05, 0.1) is 23.0 Å². The van der Waals surface area contributed by atoms with E-state index in [-0.39, 0.29) is 17.6 Å². The molecule has 0 radical (unpaired) electrons. The highest BCUT2D eigenvalue weighted by Gasteiger charge is 2.29. The molecule has 1 heterocycles. The van der Waals surface area contributed by atoms with Gasteiger partial charge in [0, 0.05) is 11.5 Å². The Morgan fingerprint density at radius 3 is 2.71 bits per heavy atom. The number of Topliss-reactive ketones (excluding diaryl/α,β-unsaturated/α-hetero) is 1. The molecule has 0 atom stereocenters. The number of benzene rings is 2. The highest BCUT2D eigenvalue weighted by molar-refractivity contribution is 7.22. The molecule has 6 nitrogen and oxygen atoms in total. The number of nitrogens with zero attached hydrogens (tertiary/aromatic N) is 1. The number of hydrogen-bond acceptors (Lipinski definition) is 6. The van der Waals surface area contributed by atoms with Crippen molar-refractivity contribution in [1.29, 1.82) is 0 Å². The van der Waals surface area contributed by atoms with Crippen molar-refractivity contribution >= 4 is 44.1 Å². The number of carbonyl (C=O) groups is 2. The Kier molecular flexibility index (Phi) is 4.77. The molecular formula is C21H21N3O3S. The number of methoxy groups -OCH3 is 1. The molecule has 144 valence electrons. The Morgan fingerprint density at radius 2 is 2.04 bits per heavy atom. The van der Waals surface area contributed by atoms with Gasteiger partial charge in [-0.3, -0.25) is 9.59 Å². The predicted molar refractivity (Wildman–Crippen MR) is 111 cm³/mol. The van der Waals surface area contributed by atoms with Crippen molar-refractivity contribution in [2.45, 2.75) is 26.2 Å². The first-order valence-corrected chi connectivity index (χ1v) is 9.99. The minimum atomic E-state index is -0.349. The van der Waals surface area contributed by atoms with Gasteiger partial charge in [-0.15, -0.1) is 0 Å². The summed E-state index contributed by atoms with van der Waals surface area (Å²) in [6.45, 7) is 1.94. The maximum absolute atomic E-state index is 13.2. The van der Waals surface area contributed by atoms with Crippen LogP contribution in [-0.2, 0) is 0 Å². The maximum Gasteiger partial charge on any atom is 0.260 e. The van der Waals surface area contributed by atoms with E-state index in [4.69, 9.17) is 10.5 Å². The second-order valence-corrected chi connectivity index (χ2v) is 8.07. The van der Waals surface area contributed by atoms with Crippen LogP contribution in [-0.4, -0.2) is 23.8 Å². The number of carbonyl (C=O) groups excluding carboxylic acids is 2. The number of thiazole rings is 1. The van der Waals surface area contributed by atoms with E-state index in [0.717, 1.165) is 24.8 Å². The van der Waals surface area contributed by atoms with Crippen LogP contribution in [0.2, 0.25) is 0 Å². The Balaban J connectivity index is 1.73. The number of rotatable bonds is 5. The SMILES string of the molecule is COc1ccc2nc(N)sc2c1C(=O)Nc1ccc(C)cc1C(=O)C1CCC1. The van der Waals surface area contributed by atoms with Crippen LogP contribution in [0.4, 0.5) is 10.8 Å². The fraction of sp³-hybridized carbons (Fsp3) is 0.286. The van der Waals surface area contributed by atoms with Crippen LogP contribution in [0.1, 0.15) is 45.5 Å². The standard InChI is InChI=1S/C21H21N3O3S/c1-11-6-7-14(13(10-11)18(25)12-4-3-5-12)23-20(26)17-16(27-2)9-8-15-19(17)28-21(22)24-15/h6-10,12H,3-5H2,1-2H3,(H2,22,24)(H,23,26). The van der Waals surface area contributed by atoms with Gasteiger partial charge >= 0.3 is 0 Å². The molecule has 0 unspecified atom stereocenters. The van der Waals surface area contributed by atoms with Crippen molar-refractivity contribution in [3.8, 4) is 5.75 Å². The van der Waals surface area contributed by atoms with Crippen molar-refractivity contribution < 1.29 is 14.3 Å². The molecule has 1 fully saturated rings. The molecule has 1 aliphatic carbocycles. The third kappa shape index (κ3) is 3.22. The predicted octanol–water partition coefficient (Wildman–Crippen LogP) is 4.43. The zero-order chi connectivity index (χ0) is 19.8. The Morgan fingerprint density at radius 1 is 1.25 bits per heavy atom. The van der Waals surface area contributed by atoms with Crippen molar-refractivity contribution in [3.63, 3.8) is 0 Å². The molecule has 2 aromatic carbocycles. The smallest absolute Gasteiger partial charge is 0.260 e. The molecular weight excluding hydrogens is 374 g/mol. The topological polar surface area (TPSA) is 94.3 Å². The summed E-state index contributed by atoms with van der Waals surface area (Å²) in [5.74, 6) is 0.236. The number of ketones is 1. The van der Waals surface area contributed by atoms with Gasteiger partial charge in [0.15, 0.2) is 10.9 Å².